The number of likely N-dealkylation sites (tertiary alicyclic amines) is 1. The van der Waals surface area contributed by atoms with Crippen LogP contribution in [0, 0.1) is 0 Å². The fraction of sp³-hybridized carbons (Fsp3) is 0.562. The number of nitrogens with one attached hydrogen (secondary N) is 1. The number of sulfonamides is 1. The van der Waals surface area contributed by atoms with E-state index in [0.717, 1.165) is 31.5 Å². The average Bonchev–Trinajstić information content (AvgIpc) is 2.52. The van der Waals surface area contributed by atoms with E-state index in [9.17, 15) is 13.2 Å². The number of hydrogen-bond acceptors (Lipinski definition) is 4. The minimum Gasteiger partial charge on any atom is -0.351 e. The summed E-state index contributed by atoms with van der Waals surface area (Å²) in [6.45, 7) is 2.22. The van der Waals surface area contributed by atoms with Gasteiger partial charge in [0.2, 0.25) is 15.9 Å². The van der Waals surface area contributed by atoms with Gasteiger partial charge in [0.15, 0.2) is 0 Å². The van der Waals surface area contributed by atoms with Gasteiger partial charge in [-0.25, -0.2) is 12.7 Å². The van der Waals surface area contributed by atoms with Gasteiger partial charge in [0.1, 0.15) is 0 Å². The SMILES string of the molecule is CN(C1CCN(CC(=O)NCc2cccc(Cl)c2)CC1)S(C)(=O)=O. The van der Waals surface area contributed by atoms with Gasteiger partial charge in [-0.3, -0.25) is 9.69 Å². The highest BCUT2D eigenvalue weighted by Crippen LogP contribution is 2.17. The van der Waals surface area contributed by atoms with Crippen LogP contribution in [0.15, 0.2) is 24.3 Å². The molecule has 1 saturated heterocycles. The van der Waals surface area contributed by atoms with Crippen LogP contribution in [-0.2, 0) is 21.4 Å². The normalized spacial score (nSPS) is 17.2. The fourth-order valence-electron chi connectivity index (χ4n) is 2.82. The minimum atomic E-state index is -3.16. The Labute approximate surface area is 148 Å². The Hall–Kier alpha value is -1.15. The lowest BCUT2D eigenvalue weighted by Gasteiger charge is -2.35. The van der Waals surface area contributed by atoms with Gasteiger partial charge in [0.05, 0.1) is 12.8 Å². The standard InChI is InChI=1S/C16H24ClN3O3S/c1-19(24(2,22)23)15-6-8-20(9-7-15)12-16(21)18-11-13-4-3-5-14(17)10-13/h3-5,10,15H,6-9,11-12H2,1-2H3,(H,18,21). The molecular weight excluding hydrogens is 350 g/mol. The molecule has 0 unspecified atom stereocenters. The van der Waals surface area contributed by atoms with Crippen LogP contribution in [0.2, 0.25) is 5.02 Å². The van der Waals surface area contributed by atoms with Crippen LogP contribution in [-0.4, -0.2) is 62.5 Å². The highest BCUT2D eigenvalue weighted by molar-refractivity contribution is 7.88. The van der Waals surface area contributed by atoms with Gasteiger partial charge in [-0.2, -0.15) is 0 Å². The molecule has 24 heavy (non-hydrogen) atoms. The molecule has 8 heteroatoms. The zero-order valence-electron chi connectivity index (χ0n) is 14.0. The molecule has 0 spiro atoms. The van der Waals surface area contributed by atoms with Gasteiger partial charge in [0.25, 0.3) is 0 Å². The van der Waals surface area contributed by atoms with Crippen molar-refractivity contribution < 1.29 is 13.2 Å². The van der Waals surface area contributed by atoms with E-state index in [0.29, 0.717) is 18.1 Å². The first-order chi connectivity index (χ1) is 11.3. The zero-order chi connectivity index (χ0) is 17.7. The van der Waals surface area contributed by atoms with Crippen LogP contribution >= 0.6 is 11.6 Å². The summed E-state index contributed by atoms with van der Waals surface area (Å²) in [4.78, 5) is 14.1. The van der Waals surface area contributed by atoms with Gasteiger partial charge in [-0.15, -0.1) is 0 Å². The quantitative estimate of drug-likeness (QED) is 0.816. The molecule has 6 nitrogen and oxygen atoms in total. The Balaban J connectivity index is 1.74. The fourth-order valence-corrected chi connectivity index (χ4v) is 3.78. The van der Waals surface area contributed by atoms with Gasteiger partial charge in [-0.1, -0.05) is 23.7 Å². The summed E-state index contributed by atoms with van der Waals surface area (Å²) >= 11 is 5.92. The molecule has 1 amide bonds. The van der Waals surface area contributed by atoms with Crippen LogP contribution in [0.1, 0.15) is 18.4 Å². The monoisotopic (exact) mass is 373 g/mol. The topological polar surface area (TPSA) is 69.7 Å². The molecule has 2 rings (SSSR count). The molecule has 0 aliphatic carbocycles. The lowest BCUT2D eigenvalue weighted by Crippen LogP contribution is -2.47. The van der Waals surface area contributed by atoms with E-state index in [1.165, 1.54) is 10.6 Å². The maximum atomic E-state index is 12.1. The Kier molecular flexibility index (Phi) is 6.62. The first-order valence-corrected chi connectivity index (χ1v) is 10.1. The van der Waals surface area contributed by atoms with E-state index in [2.05, 4.69) is 10.2 Å². The predicted molar refractivity (Wildman–Crippen MR) is 95.4 cm³/mol. The lowest BCUT2D eigenvalue weighted by molar-refractivity contribution is -0.122. The van der Waals surface area contributed by atoms with Crippen molar-refractivity contribution in [3.63, 3.8) is 0 Å². The Bertz CT molecular complexity index is 673. The second-order valence-corrected chi connectivity index (χ2v) is 8.67. The summed E-state index contributed by atoms with van der Waals surface area (Å²) in [5, 5.41) is 3.54. The summed E-state index contributed by atoms with van der Waals surface area (Å²) in [6, 6.07) is 7.41. The predicted octanol–water partition coefficient (Wildman–Crippen LogP) is 1.31. The van der Waals surface area contributed by atoms with E-state index in [1.54, 1.807) is 13.1 Å². The van der Waals surface area contributed by atoms with Crippen molar-refractivity contribution in [1.29, 1.82) is 0 Å². The number of nitrogens with zero attached hydrogens (tertiary/aromatic N) is 2. The minimum absolute atomic E-state index is 0.0192. The Morgan fingerprint density at radius 1 is 1.38 bits per heavy atom. The highest BCUT2D eigenvalue weighted by atomic mass is 35.5. The number of benzene rings is 1. The summed E-state index contributed by atoms with van der Waals surface area (Å²) in [5.74, 6) is -0.0371. The second kappa shape index (κ2) is 8.29. The third-order valence-electron chi connectivity index (χ3n) is 4.34. The number of carbonyl (C=O) groups excluding carboxylic acids is 1. The van der Waals surface area contributed by atoms with Crippen LogP contribution in [0.25, 0.3) is 0 Å². The van der Waals surface area contributed by atoms with E-state index in [1.807, 2.05) is 18.2 Å². The summed E-state index contributed by atoms with van der Waals surface area (Å²) in [7, 11) is -1.54. The van der Waals surface area contributed by atoms with Gasteiger partial charge >= 0.3 is 0 Å². The maximum absolute atomic E-state index is 12.1. The number of piperidine rings is 1. The molecule has 0 aromatic heterocycles. The average molecular weight is 374 g/mol. The molecule has 0 atom stereocenters. The van der Waals surface area contributed by atoms with Crippen LogP contribution < -0.4 is 5.32 Å². The van der Waals surface area contributed by atoms with Crippen molar-refractivity contribution in [1.82, 2.24) is 14.5 Å². The molecule has 1 aliphatic heterocycles. The number of halogens is 1. The van der Waals surface area contributed by atoms with E-state index < -0.39 is 10.0 Å². The van der Waals surface area contributed by atoms with Crippen molar-refractivity contribution in [2.24, 2.45) is 0 Å². The highest BCUT2D eigenvalue weighted by Gasteiger charge is 2.27. The van der Waals surface area contributed by atoms with Crippen molar-refractivity contribution in [3.8, 4) is 0 Å². The molecule has 0 bridgehead atoms. The molecule has 1 aromatic carbocycles. The number of amides is 1. The summed E-state index contributed by atoms with van der Waals surface area (Å²) < 4.78 is 24.6. The van der Waals surface area contributed by atoms with E-state index >= 15 is 0 Å². The van der Waals surface area contributed by atoms with Crippen LogP contribution in [0.5, 0.6) is 0 Å². The summed E-state index contributed by atoms with van der Waals surface area (Å²) in [6.07, 6.45) is 2.71. The largest absolute Gasteiger partial charge is 0.351 e. The smallest absolute Gasteiger partial charge is 0.234 e. The van der Waals surface area contributed by atoms with Crippen molar-refractivity contribution in [3.05, 3.63) is 34.9 Å². The van der Waals surface area contributed by atoms with Gasteiger partial charge < -0.3 is 5.32 Å². The van der Waals surface area contributed by atoms with Crippen LogP contribution in [0.4, 0.5) is 0 Å². The van der Waals surface area contributed by atoms with E-state index in [4.69, 9.17) is 11.6 Å². The van der Waals surface area contributed by atoms with Crippen LogP contribution in [0.3, 0.4) is 0 Å². The lowest BCUT2D eigenvalue weighted by atomic mass is 10.1. The molecule has 0 saturated carbocycles. The van der Waals surface area contributed by atoms with E-state index in [-0.39, 0.29) is 11.9 Å². The molecule has 1 aliphatic rings. The van der Waals surface area contributed by atoms with Crippen molar-refractivity contribution in [2.45, 2.75) is 25.4 Å². The number of rotatable bonds is 6. The van der Waals surface area contributed by atoms with Crippen molar-refractivity contribution >= 4 is 27.5 Å². The summed E-state index contributed by atoms with van der Waals surface area (Å²) in [5.41, 5.74) is 0.962. The first-order valence-electron chi connectivity index (χ1n) is 7.92. The number of carbonyl (C=O) groups is 1. The molecule has 0 radical (unpaired) electrons. The second-order valence-electron chi connectivity index (χ2n) is 6.19. The van der Waals surface area contributed by atoms with Gasteiger partial charge in [-0.05, 0) is 30.5 Å². The maximum Gasteiger partial charge on any atom is 0.234 e. The molecule has 1 heterocycles. The molecule has 1 aromatic rings. The first kappa shape index (κ1) is 19.2. The Morgan fingerprint density at radius 3 is 2.62 bits per heavy atom. The zero-order valence-corrected chi connectivity index (χ0v) is 15.6. The third kappa shape index (κ3) is 5.73. The molecule has 1 fully saturated rings. The number of hydrogen-bond donors (Lipinski definition) is 1. The van der Waals surface area contributed by atoms with Crippen molar-refractivity contribution in [2.75, 3.05) is 32.9 Å². The molecule has 1 N–H and O–H groups in total. The third-order valence-corrected chi connectivity index (χ3v) is 5.92. The Morgan fingerprint density at radius 2 is 2.04 bits per heavy atom. The molecular formula is C16H24ClN3O3S. The molecule has 134 valence electrons. The van der Waals surface area contributed by atoms with Gasteiger partial charge in [0, 0.05) is 37.7 Å².